The molecule has 2 nitrogen and oxygen atoms in total. The monoisotopic (exact) mass is 128 g/mol. The lowest BCUT2D eigenvalue weighted by Gasteiger charge is -1.90. The summed E-state index contributed by atoms with van der Waals surface area (Å²) in [4.78, 5) is 0. The Morgan fingerprint density at radius 3 is 2.33 bits per heavy atom. The first-order chi connectivity index (χ1) is 4.16. The second-order valence-corrected chi connectivity index (χ2v) is 2.01. The van der Waals surface area contributed by atoms with Crippen molar-refractivity contribution in [2.24, 2.45) is 11.5 Å². The lowest BCUT2D eigenvalue weighted by atomic mass is 10.3. The molecular weight excluding hydrogens is 112 g/mol. The molecule has 9 heavy (non-hydrogen) atoms. The fourth-order valence-corrected chi connectivity index (χ4v) is 0.356. The Morgan fingerprint density at radius 1 is 1.44 bits per heavy atom. The van der Waals surface area contributed by atoms with Crippen molar-refractivity contribution in [1.82, 2.24) is 0 Å². The van der Waals surface area contributed by atoms with E-state index in [2.05, 4.69) is 0 Å². The van der Waals surface area contributed by atoms with Crippen LogP contribution >= 0.6 is 0 Å². The average molecular weight is 128 g/mol. The summed E-state index contributed by atoms with van der Waals surface area (Å²) < 4.78 is 0. The van der Waals surface area contributed by atoms with Crippen LogP contribution in [0.25, 0.3) is 0 Å². The van der Waals surface area contributed by atoms with Gasteiger partial charge in [-0.15, -0.1) is 0 Å². The predicted octanol–water partition coefficient (Wildman–Crippen LogP) is 1.35. The molecule has 0 aliphatic carbocycles. The maximum Gasteiger partial charge on any atom is 0.00783 e. The van der Waals surface area contributed by atoms with Crippen LogP contribution in [0.3, 0.4) is 0 Å². The van der Waals surface area contributed by atoms with Gasteiger partial charge >= 0.3 is 0 Å². The Bertz CT molecular complexity index is 135. The van der Waals surface area contributed by atoms with Crippen molar-refractivity contribution < 1.29 is 1.43 Å². The zero-order valence-electron chi connectivity index (χ0n) is 6.02. The van der Waals surface area contributed by atoms with E-state index < -0.39 is 0 Å². The molecule has 0 amide bonds. The maximum absolute atomic E-state index is 5.48. The Balaban J connectivity index is 0. The Labute approximate surface area is 57.7 Å². The lowest BCUT2D eigenvalue weighted by molar-refractivity contribution is 1.07. The zero-order valence-corrected chi connectivity index (χ0v) is 6.02. The topological polar surface area (TPSA) is 52.0 Å². The summed E-state index contributed by atoms with van der Waals surface area (Å²) in [6, 6.07) is 0. The normalized spacial score (nSPS) is 14.0. The highest BCUT2D eigenvalue weighted by Gasteiger charge is 1.79. The third kappa shape index (κ3) is 4.94. The lowest BCUT2D eigenvalue weighted by Crippen LogP contribution is -1.94. The van der Waals surface area contributed by atoms with Gasteiger partial charge in [0.15, 0.2) is 0 Å². The van der Waals surface area contributed by atoms with E-state index in [0.717, 1.165) is 17.8 Å². The molecule has 0 saturated carbocycles. The first kappa shape index (κ1) is 8.08. The van der Waals surface area contributed by atoms with Crippen molar-refractivity contribution in [2.75, 3.05) is 0 Å². The van der Waals surface area contributed by atoms with Crippen molar-refractivity contribution in [2.45, 2.75) is 20.3 Å². The molecule has 0 bridgehead atoms. The van der Waals surface area contributed by atoms with Crippen LogP contribution in [0.15, 0.2) is 23.5 Å². The standard InChI is InChI=1S/C7H14N2.H2/c1-3-7(9)5-4-6(2)8;/h4-5H,3,8-9H2,1-2H3;1H/b6-4-,7-5-;. The molecule has 0 aromatic carbocycles. The van der Waals surface area contributed by atoms with Crippen LogP contribution in [0.2, 0.25) is 0 Å². The summed E-state index contributed by atoms with van der Waals surface area (Å²) in [7, 11) is 0. The molecule has 2 heteroatoms. The summed E-state index contributed by atoms with van der Waals surface area (Å²) in [5.74, 6) is 0. The number of hydrogen-bond donors (Lipinski definition) is 2. The highest BCUT2D eigenvalue weighted by Crippen LogP contribution is 1.91. The van der Waals surface area contributed by atoms with E-state index in [9.17, 15) is 0 Å². The molecule has 0 heterocycles. The van der Waals surface area contributed by atoms with Crippen molar-refractivity contribution in [3.8, 4) is 0 Å². The molecule has 54 valence electrons. The highest BCUT2D eigenvalue weighted by molar-refractivity contribution is 5.12. The van der Waals surface area contributed by atoms with Gasteiger partial charge in [-0.25, -0.2) is 0 Å². The second kappa shape index (κ2) is 4.01. The first-order valence-corrected chi connectivity index (χ1v) is 3.05. The minimum absolute atomic E-state index is 0. The molecule has 0 unspecified atom stereocenters. The quantitative estimate of drug-likeness (QED) is 0.551. The van der Waals surface area contributed by atoms with Crippen LogP contribution in [0.5, 0.6) is 0 Å². The summed E-state index contributed by atoms with van der Waals surface area (Å²) in [6.45, 7) is 3.84. The van der Waals surface area contributed by atoms with Crippen LogP contribution in [-0.2, 0) is 0 Å². The number of rotatable bonds is 2. The molecule has 4 N–H and O–H groups in total. The van der Waals surface area contributed by atoms with Gasteiger partial charge in [0.05, 0.1) is 0 Å². The SMILES string of the molecule is CC/C(N)=C/C=C(/C)N.[HH]. The zero-order chi connectivity index (χ0) is 7.28. The van der Waals surface area contributed by atoms with Crippen LogP contribution in [0.1, 0.15) is 21.7 Å². The fourth-order valence-electron chi connectivity index (χ4n) is 0.356. The molecule has 0 rings (SSSR count). The Hall–Kier alpha value is -0.920. The van der Waals surface area contributed by atoms with Gasteiger partial charge in [0.2, 0.25) is 0 Å². The van der Waals surface area contributed by atoms with E-state index in [1.807, 2.05) is 19.9 Å². The molecule has 0 spiro atoms. The number of hydrogen-bond acceptors (Lipinski definition) is 2. The van der Waals surface area contributed by atoms with E-state index in [4.69, 9.17) is 11.5 Å². The fraction of sp³-hybridized carbons (Fsp3) is 0.429. The summed E-state index contributed by atoms with van der Waals surface area (Å²) in [5, 5.41) is 0. The molecule has 0 aromatic rings. The van der Waals surface area contributed by atoms with Gasteiger partial charge in [0, 0.05) is 12.8 Å². The van der Waals surface area contributed by atoms with Gasteiger partial charge in [0.1, 0.15) is 0 Å². The second-order valence-electron chi connectivity index (χ2n) is 2.01. The van der Waals surface area contributed by atoms with Crippen molar-refractivity contribution in [1.29, 1.82) is 0 Å². The first-order valence-electron chi connectivity index (χ1n) is 3.05. The van der Waals surface area contributed by atoms with Gasteiger partial charge in [-0.2, -0.15) is 0 Å². The number of nitrogens with two attached hydrogens (primary N) is 2. The molecule has 0 aromatic heterocycles. The van der Waals surface area contributed by atoms with Crippen LogP contribution in [0.4, 0.5) is 0 Å². The van der Waals surface area contributed by atoms with Crippen molar-refractivity contribution in [3.63, 3.8) is 0 Å². The molecular formula is C7H16N2. The van der Waals surface area contributed by atoms with Crippen LogP contribution < -0.4 is 11.5 Å². The third-order valence-corrected chi connectivity index (χ3v) is 0.969. The van der Waals surface area contributed by atoms with Crippen molar-refractivity contribution in [3.05, 3.63) is 23.5 Å². The molecule has 0 aliphatic heterocycles. The van der Waals surface area contributed by atoms with Gasteiger partial charge in [0.25, 0.3) is 0 Å². The van der Waals surface area contributed by atoms with Crippen LogP contribution in [-0.4, -0.2) is 0 Å². The largest absolute Gasteiger partial charge is 0.402 e. The predicted molar refractivity (Wildman–Crippen MR) is 42.6 cm³/mol. The van der Waals surface area contributed by atoms with Gasteiger partial charge in [-0.05, 0) is 25.5 Å². The Kier molecular flexibility index (Phi) is 3.60. The molecule has 0 aliphatic rings. The van der Waals surface area contributed by atoms with E-state index in [1.54, 1.807) is 6.08 Å². The molecule has 0 fully saturated rings. The van der Waals surface area contributed by atoms with E-state index in [1.165, 1.54) is 0 Å². The van der Waals surface area contributed by atoms with Crippen molar-refractivity contribution >= 4 is 0 Å². The van der Waals surface area contributed by atoms with Gasteiger partial charge in [-0.1, -0.05) is 6.92 Å². The highest BCUT2D eigenvalue weighted by atomic mass is 14.6. The minimum Gasteiger partial charge on any atom is -0.402 e. The minimum atomic E-state index is 0. The molecule has 0 radical (unpaired) electrons. The Morgan fingerprint density at radius 2 is 2.00 bits per heavy atom. The van der Waals surface area contributed by atoms with Crippen LogP contribution in [0, 0.1) is 0 Å². The summed E-state index contributed by atoms with van der Waals surface area (Å²) in [6.07, 6.45) is 4.51. The van der Waals surface area contributed by atoms with Gasteiger partial charge < -0.3 is 11.5 Å². The van der Waals surface area contributed by atoms with E-state index in [-0.39, 0.29) is 1.43 Å². The maximum atomic E-state index is 5.48. The molecule has 0 saturated heterocycles. The number of allylic oxidation sites excluding steroid dienone is 4. The molecule has 0 atom stereocenters. The van der Waals surface area contributed by atoms with E-state index in [0.29, 0.717) is 0 Å². The van der Waals surface area contributed by atoms with Gasteiger partial charge in [-0.3, -0.25) is 0 Å². The smallest absolute Gasteiger partial charge is 0.00783 e. The summed E-state index contributed by atoms with van der Waals surface area (Å²) >= 11 is 0. The van der Waals surface area contributed by atoms with E-state index >= 15 is 0 Å². The average Bonchev–Trinajstić information content (AvgIpc) is 1.83. The summed E-state index contributed by atoms with van der Waals surface area (Å²) in [5.41, 5.74) is 12.5. The third-order valence-electron chi connectivity index (χ3n) is 0.969.